The molecule has 1 aliphatic carbocycles. The van der Waals surface area contributed by atoms with Gasteiger partial charge in [0.05, 0.1) is 4.90 Å². The van der Waals surface area contributed by atoms with Gasteiger partial charge in [0.2, 0.25) is 10.0 Å². The van der Waals surface area contributed by atoms with Crippen LogP contribution in [0.25, 0.3) is 0 Å². The highest BCUT2D eigenvalue weighted by molar-refractivity contribution is 9.10. The highest BCUT2D eigenvalue weighted by Crippen LogP contribution is 2.26. The highest BCUT2D eigenvalue weighted by atomic mass is 79.9. The molecule has 0 heterocycles. The van der Waals surface area contributed by atoms with Crippen LogP contribution in [0.15, 0.2) is 33.6 Å². The number of halogens is 1. The third kappa shape index (κ3) is 3.32. The molecule has 0 amide bonds. The summed E-state index contributed by atoms with van der Waals surface area (Å²) in [5.74, 6) is 0.225. The van der Waals surface area contributed by atoms with Gasteiger partial charge in [-0.25, -0.2) is 13.1 Å². The number of benzene rings is 1. The fourth-order valence-corrected chi connectivity index (χ4v) is 3.80. The third-order valence-corrected chi connectivity index (χ3v) is 5.31. The van der Waals surface area contributed by atoms with E-state index in [2.05, 4.69) is 20.7 Å². The van der Waals surface area contributed by atoms with Crippen molar-refractivity contribution in [3.05, 3.63) is 28.7 Å². The van der Waals surface area contributed by atoms with Crippen LogP contribution in [0.1, 0.15) is 19.3 Å². The Hall–Kier alpha value is -0.430. The van der Waals surface area contributed by atoms with Gasteiger partial charge in [0.1, 0.15) is 0 Å². The topological polar surface area (TPSA) is 66.4 Å². The maximum Gasteiger partial charge on any atom is 0.240 e. The van der Waals surface area contributed by atoms with Crippen molar-refractivity contribution in [3.63, 3.8) is 0 Å². The molecule has 1 fully saturated rings. The molecule has 100 valence electrons. The summed E-state index contributed by atoms with van der Waals surface area (Å²) in [5, 5.41) is 9.05. The minimum absolute atomic E-state index is 0.0594. The average molecular weight is 334 g/mol. The summed E-state index contributed by atoms with van der Waals surface area (Å²) in [6.07, 6.45) is 2.39. The molecule has 2 N–H and O–H groups in total. The average Bonchev–Trinajstić information content (AvgIpc) is 2.76. The molecule has 1 aromatic rings. The maximum atomic E-state index is 12.1. The first kappa shape index (κ1) is 14.0. The lowest BCUT2D eigenvalue weighted by molar-refractivity contribution is 0.228. The number of aliphatic hydroxyl groups is 1. The van der Waals surface area contributed by atoms with Crippen LogP contribution in [-0.4, -0.2) is 26.2 Å². The number of rotatable bonds is 4. The molecular formula is C12H16BrNO3S. The molecule has 18 heavy (non-hydrogen) atoms. The zero-order valence-corrected chi connectivity index (χ0v) is 12.2. The maximum absolute atomic E-state index is 12.1. The van der Waals surface area contributed by atoms with Crippen molar-refractivity contribution in [1.29, 1.82) is 0 Å². The number of aliphatic hydroxyl groups excluding tert-OH is 1. The second-order valence-corrected chi connectivity index (χ2v) is 7.26. The number of hydrogen-bond donors (Lipinski definition) is 2. The van der Waals surface area contributed by atoms with Crippen molar-refractivity contribution >= 4 is 26.0 Å². The van der Waals surface area contributed by atoms with E-state index in [-0.39, 0.29) is 23.5 Å². The fourth-order valence-electron chi connectivity index (χ4n) is 2.25. The van der Waals surface area contributed by atoms with E-state index in [4.69, 9.17) is 5.11 Å². The lowest BCUT2D eigenvalue weighted by Crippen LogP contribution is -2.33. The molecule has 2 atom stereocenters. The summed E-state index contributed by atoms with van der Waals surface area (Å²) in [4.78, 5) is 0.276. The Bertz CT molecular complexity index is 501. The van der Waals surface area contributed by atoms with Gasteiger partial charge in [0.15, 0.2) is 0 Å². The molecule has 0 aliphatic heterocycles. The van der Waals surface area contributed by atoms with Crippen molar-refractivity contribution < 1.29 is 13.5 Å². The van der Waals surface area contributed by atoms with Crippen LogP contribution in [0, 0.1) is 5.92 Å². The highest BCUT2D eigenvalue weighted by Gasteiger charge is 2.28. The molecule has 0 spiro atoms. The lowest BCUT2D eigenvalue weighted by atomic mass is 10.1. The first-order valence-electron chi connectivity index (χ1n) is 5.90. The Balaban J connectivity index is 2.06. The van der Waals surface area contributed by atoms with Crippen LogP contribution in [-0.2, 0) is 10.0 Å². The molecular weight excluding hydrogens is 318 g/mol. The molecule has 2 rings (SSSR count). The Morgan fingerprint density at radius 2 is 1.94 bits per heavy atom. The predicted molar refractivity (Wildman–Crippen MR) is 72.7 cm³/mol. The zero-order chi connectivity index (χ0) is 13.2. The minimum Gasteiger partial charge on any atom is -0.396 e. The molecule has 0 saturated heterocycles. The second-order valence-electron chi connectivity index (χ2n) is 4.63. The first-order chi connectivity index (χ1) is 8.51. The van der Waals surface area contributed by atoms with Crippen molar-refractivity contribution in [2.45, 2.75) is 30.2 Å². The molecule has 1 aromatic carbocycles. The van der Waals surface area contributed by atoms with Crippen LogP contribution >= 0.6 is 15.9 Å². The van der Waals surface area contributed by atoms with E-state index in [9.17, 15) is 8.42 Å². The van der Waals surface area contributed by atoms with E-state index in [0.717, 1.165) is 17.3 Å². The van der Waals surface area contributed by atoms with Crippen LogP contribution in [0.2, 0.25) is 0 Å². The SMILES string of the molecule is O=S(=O)(NC1CCC(CO)C1)c1ccc(Br)cc1. The second kappa shape index (κ2) is 5.69. The quantitative estimate of drug-likeness (QED) is 0.884. The lowest BCUT2D eigenvalue weighted by Gasteiger charge is -2.13. The molecule has 0 radical (unpaired) electrons. The molecule has 0 aromatic heterocycles. The standard InChI is InChI=1S/C12H16BrNO3S/c13-10-2-5-12(6-3-10)18(16,17)14-11-4-1-9(7-11)8-15/h2-3,5-6,9,11,14-15H,1,4,7-8H2. The molecule has 2 unspecified atom stereocenters. The van der Waals surface area contributed by atoms with Gasteiger partial charge < -0.3 is 5.11 Å². The first-order valence-corrected chi connectivity index (χ1v) is 8.17. The zero-order valence-electron chi connectivity index (χ0n) is 9.84. The van der Waals surface area contributed by atoms with Gasteiger partial charge in [-0.1, -0.05) is 15.9 Å². The van der Waals surface area contributed by atoms with Gasteiger partial charge in [-0.3, -0.25) is 0 Å². The van der Waals surface area contributed by atoms with Gasteiger partial charge in [-0.2, -0.15) is 0 Å². The van der Waals surface area contributed by atoms with Crippen LogP contribution in [0.5, 0.6) is 0 Å². The largest absolute Gasteiger partial charge is 0.396 e. The van der Waals surface area contributed by atoms with E-state index < -0.39 is 10.0 Å². The number of nitrogens with one attached hydrogen (secondary N) is 1. The monoisotopic (exact) mass is 333 g/mol. The predicted octanol–water partition coefficient (Wildman–Crippen LogP) is 1.89. The van der Waals surface area contributed by atoms with Crippen molar-refractivity contribution in [2.24, 2.45) is 5.92 Å². The Morgan fingerprint density at radius 1 is 1.28 bits per heavy atom. The summed E-state index contributed by atoms with van der Waals surface area (Å²) < 4.78 is 27.8. The minimum atomic E-state index is -3.44. The van der Waals surface area contributed by atoms with E-state index >= 15 is 0 Å². The number of sulfonamides is 1. The van der Waals surface area contributed by atoms with Crippen molar-refractivity contribution in [3.8, 4) is 0 Å². The van der Waals surface area contributed by atoms with Gasteiger partial charge in [-0.05, 0) is 49.4 Å². The summed E-state index contributed by atoms with van der Waals surface area (Å²) in [7, 11) is -3.44. The van der Waals surface area contributed by atoms with E-state index in [0.29, 0.717) is 6.42 Å². The van der Waals surface area contributed by atoms with E-state index in [1.165, 1.54) is 0 Å². The molecule has 1 aliphatic rings. The number of hydrogen-bond acceptors (Lipinski definition) is 3. The van der Waals surface area contributed by atoms with Crippen LogP contribution < -0.4 is 4.72 Å². The molecule has 0 bridgehead atoms. The Morgan fingerprint density at radius 3 is 2.50 bits per heavy atom. The summed E-state index contributed by atoms with van der Waals surface area (Å²) in [6.45, 7) is 0.135. The van der Waals surface area contributed by atoms with Crippen LogP contribution in [0.3, 0.4) is 0 Å². The molecule has 6 heteroatoms. The molecule has 4 nitrogen and oxygen atoms in total. The smallest absolute Gasteiger partial charge is 0.240 e. The normalized spacial score (nSPS) is 24.3. The van der Waals surface area contributed by atoms with E-state index in [1.807, 2.05) is 0 Å². The van der Waals surface area contributed by atoms with E-state index in [1.54, 1.807) is 24.3 Å². The third-order valence-electron chi connectivity index (χ3n) is 3.25. The van der Waals surface area contributed by atoms with Crippen LogP contribution in [0.4, 0.5) is 0 Å². The van der Waals surface area contributed by atoms with Gasteiger partial charge in [0, 0.05) is 17.1 Å². The fraction of sp³-hybridized carbons (Fsp3) is 0.500. The Kier molecular flexibility index (Phi) is 4.42. The summed E-state index contributed by atoms with van der Waals surface area (Å²) in [5.41, 5.74) is 0. The van der Waals surface area contributed by atoms with Gasteiger partial charge in [0.25, 0.3) is 0 Å². The summed E-state index contributed by atoms with van der Waals surface area (Å²) in [6, 6.07) is 6.51. The van der Waals surface area contributed by atoms with Crippen molar-refractivity contribution in [2.75, 3.05) is 6.61 Å². The van der Waals surface area contributed by atoms with Crippen molar-refractivity contribution in [1.82, 2.24) is 4.72 Å². The van der Waals surface area contributed by atoms with Gasteiger partial charge >= 0.3 is 0 Å². The molecule has 1 saturated carbocycles. The van der Waals surface area contributed by atoms with Gasteiger partial charge in [-0.15, -0.1) is 0 Å². The summed E-state index contributed by atoms with van der Waals surface area (Å²) >= 11 is 3.27. The Labute approximate surface area is 116 Å².